The van der Waals surface area contributed by atoms with Crippen molar-refractivity contribution in [1.29, 1.82) is 0 Å². The van der Waals surface area contributed by atoms with E-state index in [9.17, 15) is 19.5 Å². The number of carbonyl (C=O) groups is 3. The zero-order chi connectivity index (χ0) is 41.9. The molecule has 1 N–H and O–H groups in total. The molecule has 0 amide bonds. The molecule has 0 aromatic heterocycles. The highest BCUT2D eigenvalue weighted by molar-refractivity contribution is 5.92. The first-order chi connectivity index (χ1) is 27.4. The van der Waals surface area contributed by atoms with E-state index in [1.807, 2.05) is 0 Å². The summed E-state index contributed by atoms with van der Waals surface area (Å²) < 4.78 is 6.14. The minimum absolute atomic E-state index is 0.0477. The second-order valence-corrected chi connectivity index (χ2v) is 21.4. The number of carboxylic acids is 1. The summed E-state index contributed by atoms with van der Waals surface area (Å²) in [6.07, 6.45) is 19.8. The molecule has 5 aliphatic carbocycles. The third-order valence-corrected chi connectivity index (χ3v) is 17.8. The van der Waals surface area contributed by atoms with Crippen molar-refractivity contribution in [2.24, 2.45) is 49.8 Å². The molecule has 4 fully saturated rings. The number of nitrogens with zero attached hydrogens (tertiary/aromatic N) is 2. The van der Waals surface area contributed by atoms with E-state index in [-0.39, 0.29) is 45.8 Å². The SMILES string of the molecule is CCC=NC12CCC3(C)C(CCC4C5=C(C(C)C)CCC5(C5=CC(=O)CC(CCCc6ccccc6)N5C)CCC43C)C1(C)CCC(OC(=O)CC(C)(C)C(=O)O)C2. The maximum absolute atomic E-state index is 13.8. The predicted molar refractivity (Wildman–Crippen MR) is 232 cm³/mol. The first kappa shape index (κ1) is 42.9. The smallest absolute Gasteiger partial charge is 0.309 e. The van der Waals surface area contributed by atoms with Gasteiger partial charge in [-0.3, -0.25) is 19.4 Å². The average molecular weight is 795 g/mol. The van der Waals surface area contributed by atoms with Crippen molar-refractivity contribution in [3.63, 3.8) is 0 Å². The highest BCUT2D eigenvalue weighted by atomic mass is 16.5. The largest absolute Gasteiger partial charge is 0.481 e. The van der Waals surface area contributed by atoms with Gasteiger partial charge < -0.3 is 14.7 Å². The van der Waals surface area contributed by atoms with E-state index in [1.165, 1.54) is 24.1 Å². The number of aryl methyl sites for hydroxylation is 1. The number of benzene rings is 1. The summed E-state index contributed by atoms with van der Waals surface area (Å²) in [7, 11) is 2.30. The van der Waals surface area contributed by atoms with Crippen LogP contribution in [-0.4, -0.2) is 58.7 Å². The Morgan fingerprint density at radius 2 is 1.71 bits per heavy atom. The van der Waals surface area contributed by atoms with Crippen LogP contribution >= 0.6 is 0 Å². The summed E-state index contributed by atoms with van der Waals surface area (Å²) in [6, 6.07) is 11.0. The van der Waals surface area contributed by atoms with Gasteiger partial charge >= 0.3 is 11.9 Å². The van der Waals surface area contributed by atoms with Crippen molar-refractivity contribution >= 4 is 23.9 Å². The van der Waals surface area contributed by atoms with Gasteiger partial charge in [0, 0.05) is 43.1 Å². The molecule has 0 radical (unpaired) electrons. The number of ketones is 1. The van der Waals surface area contributed by atoms with Gasteiger partial charge in [-0.1, -0.05) is 83.0 Å². The number of ether oxygens (including phenoxy) is 1. The number of aliphatic carboxylic acids is 1. The molecule has 318 valence electrons. The van der Waals surface area contributed by atoms with E-state index in [1.54, 1.807) is 25.0 Å². The quantitative estimate of drug-likeness (QED) is 0.129. The van der Waals surface area contributed by atoms with E-state index >= 15 is 0 Å². The normalized spacial score (nSPS) is 37.6. The Morgan fingerprint density at radius 3 is 2.40 bits per heavy atom. The molecule has 1 aliphatic heterocycles. The third-order valence-electron chi connectivity index (χ3n) is 17.8. The Labute approximate surface area is 349 Å². The predicted octanol–water partition coefficient (Wildman–Crippen LogP) is 11.3. The summed E-state index contributed by atoms with van der Waals surface area (Å²) in [5, 5.41) is 9.68. The van der Waals surface area contributed by atoms with E-state index in [4.69, 9.17) is 9.73 Å². The molecular weight excluding hydrogens is 721 g/mol. The maximum Gasteiger partial charge on any atom is 0.309 e. The van der Waals surface area contributed by atoms with Crippen molar-refractivity contribution < 1.29 is 24.2 Å². The Morgan fingerprint density at radius 1 is 0.983 bits per heavy atom. The minimum Gasteiger partial charge on any atom is -0.481 e. The van der Waals surface area contributed by atoms with Gasteiger partial charge in [-0.05, 0) is 150 Å². The fraction of sp³-hybridized carbons (Fsp3) is 0.725. The lowest BCUT2D eigenvalue weighted by Gasteiger charge is -2.72. The van der Waals surface area contributed by atoms with Crippen LogP contribution in [0.3, 0.4) is 0 Å². The van der Waals surface area contributed by atoms with Crippen LogP contribution < -0.4 is 0 Å². The van der Waals surface area contributed by atoms with E-state index in [2.05, 4.69) is 96.1 Å². The van der Waals surface area contributed by atoms with Crippen LogP contribution in [0.5, 0.6) is 0 Å². The molecule has 7 nitrogen and oxygen atoms in total. The fourth-order valence-electron chi connectivity index (χ4n) is 14.3. The van der Waals surface area contributed by atoms with Gasteiger partial charge in [0.05, 0.1) is 17.4 Å². The number of esters is 1. The highest BCUT2D eigenvalue weighted by Gasteiger charge is 2.71. The molecule has 1 heterocycles. The first-order valence-corrected chi connectivity index (χ1v) is 23.1. The van der Waals surface area contributed by atoms with E-state index < -0.39 is 17.4 Å². The molecule has 0 saturated heterocycles. The lowest BCUT2D eigenvalue weighted by atomic mass is 9.33. The van der Waals surface area contributed by atoms with Gasteiger partial charge in [0.1, 0.15) is 6.10 Å². The van der Waals surface area contributed by atoms with Crippen LogP contribution in [0.2, 0.25) is 0 Å². The van der Waals surface area contributed by atoms with Gasteiger partial charge in [0.25, 0.3) is 0 Å². The van der Waals surface area contributed by atoms with Crippen molar-refractivity contribution in [2.75, 3.05) is 7.05 Å². The Hall–Kier alpha value is -3.22. The van der Waals surface area contributed by atoms with E-state index in [0.29, 0.717) is 36.4 Å². The van der Waals surface area contributed by atoms with Gasteiger partial charge in [0.15, 0.2) is 5.78 Å². The Kier molecular flexibility index (Phi) is 11.6. The van der Waals surface area contributed by atoms with Crippen LogP contribution in [0.25, 0.3) is 0 Å². The Balaban J connectivity index is 1.17. The number of aliphatic imine (C=N–C) groups is 1. The Bertz CT molecular complexity index is 1840. The fourth-order valence-corrected chi connectivity index (χ4v) is 14.3. The molecule has 58 heavy (non-hydrogen) atoms. The summed E-state index contributed by atoms with van der Waals surface area (Å²) in [5.74, 6) is 0.356. The van der Waals surface area contributed by atoms with Gasteiger partial charge in [0.2, 0.25) is 0 Å². The van der Waals surface area contributed by atoms with Gasteiger partial charge in [-0.2, -0.15) is 0 Å². The first-order valence-electron chi connectivity index (χ1n) is 23.1. The number of rotatable bonds is 12. The van der Waals surface area contributed by atoms with Gasteiger partial charge in [-0.15, -0.1) is 0 Å². The zero-order valence-corrected chi connectivity index (χ0v) is 37.4. The summed E-state index contributed by atoms with van der Waals surface area (Å²) >= 11 is 0. The number of carboxylic acid groups (broad SMARTS) is 1. The third kappa shape index (κ3) is 6.94. The minimum atomic E-state index is -1.16. The van der Waals surface area contributed by atoms with Crippen molar-refractivity contribution in [1.82, 2.24) is 4.90 Å². The van der Waals surface area contributed by atoms with Crippen LogP contribution in [-0.2, 0) is 25.5 Å². The molecule has 9 atom stereocenters. The average Bonchev–Trinajstić information content (AvgIpc) is 3.57. The number of hydrogen-bond acceptors (Lipinski definition) is 6. The molecule has 7 heteroatoms. The van der Waals surface area contributed by atoms with Crippen LogP contribution in [0.1, 0.15) is 164 Å². The van der Waals surface area contributed by atoms with Gasteiger partial charge in [-0.25, -0.2) is 0 Å². The second-order valence-electron chi connectivity index (χ2n) is 21.4. The van der Waals surface area contributed by atoms with E-state index in [0.717, 1.165) is 77.0 Å². The second kappa shape index (κ2) is 15.7. The van der Waals surface area contributed by atoms with Crippen molar-refractivity contribution in [3.8, 4) is 0 Å². The lowest BCUT2D eigenvalue weighted by Crippen LogP contribution is -2.68. The van der Waals surface area contributed by atoms with Crippen molar-refractivity contribution in [2.45, 2.75) is 182 Å². The highest BCUT2D eigenvalue weighted by Crippen LogP contribution is 2.77. The number of fused-ring (bicyclic) bond motifs is 7. The zero-order valence-electron chi connectivity index (χ0n) is 37.4. The summed E-state index contributed by atoms with van der Waals surface area (Å²) in [5.41, 5.74) is 4.70. The molecular formula is C51H74N2O5. The lowest BCUT2D eigenvalue weighted by molar-refractivity contribution is -0.209. The molecule has 0 spiro atoms. The molecule has 1 aromatic carbocycles. The number of carbonyl (C=O) groups excluding carboxylic acids is 2. The number of allylic oxidation sites excluding steroid dienone is 3. The molecule has 0 bridgehead atoms. The summed E-state index contributed by atoms with van der Waals surface area (Å²) in [4.78, 5) is 46.8. The molecule has 6 aliphatic rings. The van der Waals surface area contributed by atoms with Crippen LogP contribution in [0, 0.1) is 44.8 Å². The molecule has 7 rings (SSSR count). The van der Waals surface area contributed by atoms with Crippen LogP contribution in [0.4, 0.5) is 0 Å². The topological polar surface area (TPSA) is 96.3 Å². The maximum atomic E-state index is 13.8. The van der Waals surface area contributed by atoms with Crippen molar-refractivity contribution in [3.05, 3.63) is 58.8 Å². The molecule has 9 unspecified atom stereocenters. The standard InChI is InChI=1S/C51H74N2O5/c1-10-29-52-51-28-26-48(7)41(49(51,8)23-21-38(32-51)58-43(55)33-46(4,5)45(56)57)20-19-40-44-39(34(2)3)22-24-50(44,27-25-47(40,48)6)42-31-37(54)30-36(53(42)9)18-14-17-35-15-12-11-13-16-35/h11-13,15-16,29,31,34,36,38,40-41H,10,14,17-28,30,32-33H2,1-9H3,(H,56,57). The van der Waals surface area contributed by atoms with Crippen LogP contribution in [0.15, 0.2) is 58.2 Å². The molecule has 1 aromatic rings. The summed E-state index contributed by atoms with van der Waals surface area (Å²) in [6.45, 7) is 18.0. The number of hydrogen-bond donors (Lipinski definition) is 1. The molecule has 4 saturated carbocycles. The monoisotopic (exact) mass is 795 g/mol.